The SMILES string of the molecule is Cc1ccc(/C=C/c2ccc3c(c2)c2ccc(/C=C/c4ccc(C)cc4)cc2c2ccc(/C=C/c4ccc(C)cc4)cc32)cc1. The highest BCUT2D eigenvalue weighted by Gasteiger charge is 2.10. The van der Waals surface area contributed by atoms with Crippen molar-refractivity contribution in [1.82, 2.24) is 0 Å². The molecule has 0 atom stereocenters. The van der Waals surface area contributed by atoms with Crippen molar-refractivity contribution in [2.75, 3.05) is 0 Å². The molecular weight excluding hydrogens is 540 g/mol. The van der Waals surface area contributed by atoms with E-state index in [4.69, 9.17) is 0 Å². The average Bonchev–Trinajstić information content (AvgIpc) is 3.07. The van der Waals surface area contributed by atoms with Crippen molar-refractivity contribution >= 4 is 68.8 Å². The topological polar surface area (TPSA) is 0 Å². The van der Waals surface area contributed by atoms with Gasteiger partial charge in [0.15, 0.2) is 0 Å². The molecule has 0 heteroatoms. The van der Waals surface area contributed by atoms with Crippen LogP contribution in [0.1, 0.15) is 50.1 Å². The van der Waals surface area contributed by atoms with E-state index in [1.807, 2.05) is 0 Å². The van der Waals surface area contributed by atoms with Gasteiger partial charge >= 0.3 is 0 Å². The van der Waals surface area contributed by atoms with Crippen LogP contribution in [-0.4, -0.2) is 0 Å². The van der Waals surface area contributed by atoms with Gasteiger partial charge < -0.3 is 0 Å². The minimum atomic E-state index is 1.20. The van der Waals surface area contributed by atoms with E-state index in [0.717, 1.165) is 0 Å². The molecular formula is C45H36. The van der Waals surface area contributed by atoms with Gasteiger partial charge in [0.1, 0.15) is 0 Å². The zero-order chi connectivity index (χ0) is 30.8. The predicted octanol–water partition coefficient (Wildman–Crippen LogP) is 12.6. The molecule has 0 heterocycles. The molecule has 0 saturated carbocycles. The van der Waals surface area contributed by atoms with Crippen LogP contribution in [0.15, 0.2) is 127 Å². The Morgan fingerprint density at radius 2 is 0.467 bits per heavy atom. The second kappa shape index (κ2) is 12.3. The summed E-state index contributed by atoms with van der Waals surface area (Å²) >= 11 is 0. The van der Waals surface area contributed by atoms with E-state index in [2.05, 4.69) is 185 Å². The molecule has 7 aromatic rings. The van der Waals surface area contributed by atoms with Crippen LogP contribution < -0.4 is 0 Å². The van der Waals surface area contributed by atoms with Crippen LogP contribution in [0.25, 0.3) is 68.8 Å². The van der Waals surface area contributed by atoms with Crippen LogP contribution in [-0.2, 0) is 0 Å². The zero-order valence-electron chi connectivity index (χ0n) is 26.1. The van der Waals surface area contributed by atoms with E-state index in [1.165, 1.54) is 82.4 Å². The molecule has 0 aliphatic heterocycles. The molecule has 0 fully saturated rings. The van der Waals surface area contributed by atoms with Crippen molar-refractivity contribution < 1.29 is 0 Å². The molecule has 7 aromatic carbocycles. The van der Waals surface area contributed by atoms with Crippen molar-refractivity contribution in [2.45, 2.75) is 20.8 Å². The molecule has 0 bridgehead atoms. The lowest BCUT2D eigenvalue weighted by atomic mass is 9.91. The van der Waals surface area contributed by atoms with Gasteiger partial charge in [0.05, 0.1) is 0 Å². The average molecular weight is 577 g/mol. The van der Waals surface area contributed by atoms with E-state index >= 15 is 0 Å². The Hall–Kier alpha value is -5.46. The smallest absolute Gasteiger partial charge is 0.00930 e. The van der Waals surface area contributed by atoms with Crippen LogP contribution in [0, 0.1) is 20.8 Å². The Morgan fingerprint density at radius 3 is 0.733 bits per heavy atom. The van der Waals surface area contributed by atoms with Gasteiger partial charge in [0, 0.05) is 0 Å². The van der Waals surface area contributed by atoms with Crippen molar-refractivity contribution in [3.8, 4) is 0 Å². The first-order chi connectivity index (χ1) is 22.0. The molecule has 7 rings (SSSR count). The predicted molar refractivity (Wildman–Crippen MR) is 199 cm³/mol. The highest BCUT2D eigenvalue weighted by Crippen LogP contribution is 2.37. The number of benzene rings is 7. The van der Waals surface area contributed by atoms with Gasteiger partial charge in [-0.25, -0.2) is 0 Å². The summed E-state index contributed by atoms with van der Waals surface area (Å²) in [5.74, 6) is 0. The quantitative estimate of drug-likeness (QED) is 0.136. The molecule has 216 valence electrons. The van der Waals surface area contributed by atoms with Crippen LogP contribution in [0.4, 0.5) is 0 Å². The maximum atomic E-state index is 2.35. The highest BCUT2D eigenvalue weighted by molar-refractivity contribution is 6.26. The largest absolute Gasteiger partial charge is 0.0587 e. The fourth-order valence-corrected chi connectivity index (χ4v) is 5.98. The summed E-state index contributed by atoms with van der Waals surface area (Å²) in [6, 6.07) is 46.7. The maximum Gasteiger partial charge on any atom is -0.00930 e. The molecule has 0 amide bonds. The molecule has 0 nitrogen and oxygen atoms in total. The van der Waals surface area contributed by atoms with Gasteiger partial charge in [-0.15, -0.1) is 0 Å². The van der Waals surface area contributed by atoms with Crippen molar-refractivity contribution in [2.24, 2.45) is 0 Å². The fourth-order valence-electron chi connectivity index (χ4n) is 5.98. The van der Waals surface area contributed by atoms with Crippen LogP contribution in [0.5, 0.6) is 0 Å². The highest BCUT2D eigenvalue weighted by atomic mass is 14.1. The Kier molecular flexibility index (Phi) is 7.72. The summed E-state index contributed by atoms with van der Waals surface area (Å²) in [6.07, 6.45) is 13.3. The monoisotopic (exact) mass is 576 g/mol. The Balaban J connectivity index is 1.36. The maximum absolute atomic E-state index is 2.35. The van der Waals surface area contributed by atoms with E-state index in [9.17, 15) is 0 Å². The van der Waals surface area contributed by atoms with Crippen molar-refractivity contribution in [3.05, 3.63) is 177 Å². The first kappa shape index (κ1) is 28.3. The Labute approximate surface area is 266 Å². The number of rotatable bonds is 6. The molecule has 45 heavy (non-hydrogen) atoms. The van der Waals surface area contributed by atoms with Gasteiger partial charge in [-0.3, -0.25) is 0 Å². The lowest BCUT2D eigenvalue weighted by molar-refractivity contribution is 1.46. The first-order valence-corrected chi connectivity index (χ1v) is 15.7. The number of hydrogen-bond donors (Lipinski definition) is 0. The molecule has 0 unspecified atom stereocenters. The van der Waals surface area contributed by atoms with Gasteiger partial charge in [-0.05, 0) is 105 Å². The molecule has 0 radical (unpaired) electrons. The van der Waals surface area contributed by atoms with Crippen molar-refractivity contribution in [3.63, 3.8) is 0 Å². The second-order valence-corrected chi connectivity index (χ2v) is 12.1. The fraction of sp³-hybridized carbons (Fsp3) is 0.0667. The van der Waals surface area contributed by atoms with Crippen LogP contribution in [0.3, 0.4) is 0 Å². The number of fused-ring (bicyclic) bond motifs is 6. The molecule has 0 aliphatic carbocycles. The summed E-state index contributed by atoms with van der Waals surface area (Å²) in [4.78, 5) is 0. The number of aryl methyl sites for hydroxylation is 3. The Morgan fingerprint density at radius 1 is 0.244 bits per heavy atom. The van der Waals surface area contributed by atoms with Crippen LogP contribution >= 0.6 is 0 Å². The first-order valence-electron chi connectivity index (χ1n) is 15.7. The molecule has 0 aliphatic rings. The zero-order valence-corrected chi connectivity index (χ0v) is 26.1. The van der Waals surface area contributed by atoms with E-state index in [1.54, 1.807) is 0 Å². The van der Waals surface area contributed by atoms with Gasteiger partial charge in [-0.1, -0.05) is 162 Å². The summed E-state index contributed by atoms with van der Waals surface area (Å²) in [5.41, 5.74) is 11.0. The normalized spacial score (nSPS) is 12.1. The lowest BCUT2D eigenvalue weighted by Crippen LogP contribution is -1.87. The van der Waals surface area contributed by atoms with E-state index in [0.29, 0.717) is 0 Å². The summed E-state index contributed by atoms with van der Waals surface area (Å²) in [6.45, 7) is 6.37. The van der Waals surface area contributed by atoms with E-state index < -0.39 is 0 Å². The third kappa shape index (κ3) is 6.28. The van der Waals surface area contributed by atoms with Gasteiger partial charge in [-0.2, -0.15) is 0 Å². The molecule has 0 aromatic heterocycles. The molecule has 0 N–H and O–H groups in total. The minimum absolute atomic E-state index is 1.20. The third-order valence-electron chi connectivity index (χ3n) is 8.64. The minimum Gasteiger partial charge on any atom is -0.0587 e. The summed E-state index contributed by atoms with van der Waals surface area (Å²) < 4.78 is 0. The Bertz CT molecular complexity index is 1950. The molecule has 0 saturated heterocycles. The van der Waals surface area contributed by atoms with Gasteiger partial charge in [0.25, 0.3) is 0 Å². The standard InChI is InChI=1S/C45H36/c1-31-4-10-34(11-5-31)16-19-37-22-25-40-43(28-37)41-26-23-38(20-17-35-12-6-32(2)7-13-35)30-45(41)42-27-24-39(29-44(40)42)21-18-36-14-8-33(3)9-15-36/h4-30H,1-3H3/b19-16+,20-17+,21-18+. The molecule has 0 spiro atoms. The lowest BCUT2D eigenvalue weighted by Gasteiger charge is -2.13. The third-order valence-corrected chi connectivity index (χ3v) is 8.64. The van der Waals surface area contributed by atoms with E-state index in [-0.39, 0.29) is 0 Å². The van der Waals surface area contributed by atoms with Crippen molar-refractivity contribution in [1.29, 1.82) is 0 Å². The summed E-state index contributed by atoms with van der Waals surface area (Å²) in [5, 5.41) is 7.66. The van der Waals surface area contributed by atoms with Crippen LogP contribution in [0.2, 0.25) is 0 Å². The number of hydrogen-bond acceptors (Lipinski definition) is 0. The summed E-state index contributed by atoms with van der Waals surface area (Å²) in [7, 11) is 0. The second-order valence-electron chi connectivity index (χ2n) is 12.1. The van der Waals surface area contributed by atoms with Gasteiger partial charge in [0.2, 0.25) is 0 Å².